The molecule has 6 atom stereocenters. The summed E-state index contributed by atoms with van der Waals surface area (Å²) in [5.41, 5.74) is -1.69. The SMILES string of the molecule is O=S(c1cccnc1Cl)[C@H]1O[C@H](CO)[C@H](O)[C@H](n2cc(-c3cc(F)c(F)c(F)c3)nn2)[C@H]1O. The molecule has 14 heteroatoms. The summed E-state index contributed by atoms with van der Waals surface area (Å²) in [6, 6.07) is 3.00. The molecule has 1 aliphatic rings. The molecule has 3 aromatic rings. The van der Waals surface area contributed by atoms with Crippen molar-refractivity contribution in [2.45, 2.75) is 34.7 Å². The standard InChI is InChI=1S/C19H16ClF3N4O5S/c20-18-13(2-1-3-24-18)33(31)19-17(30)15(16(29)12(7-28)32-19)27-6-11(25-26-27)8-4-9(21)14(23)10(22)5-8/h1-6,12,15-17,19,28-30H,7H2/t12-,15+,16+,17-,19-,33?/m1/s1. The lowest BCUT2D eigenvalue weighted by atomic mass is 9.97. The van der Waals surface area contributed by atoms with Crippen molar-refractivity contribution in [2.75, 3.05) is 6.61 Å². The van der Waals surface area contributed by atoms with Gasteiger partial charge in [-0.15, -0.1) is 5.10 Å². The number of rotatable bonds is 5. The number of hydrogen-bond acceptors (Lipinski definition) is 8. The van der Waals surface area contributed by atoms with Crippen molar-refractivity contribution in [1.82, 2.24) is 20.0 Å². The molecule has 1 saturated heterocycles. The van der Waals surface area contributed by atoms with E-state index in [1.54, 1.807) is 0 Å². The summed E-state index contributed by atoms with van der Waals surface area (Å²) in [4.78, 5) is 3.89. The van der Waals surface area contributed by atoms with Crippen LogP contribution in [0.3, 0.4) is 0 Å². The van der Waals surface area contributed by atoms with Crippen molar-refractivity contribution in [1.29, 1.82) is 0 Å². The maximum atomic E-state index is 13.6. The van der Waals surface area contributed by atoms with Crippen molar-refractivity contribution in [3.63, 3.8) is 0 Å². The molecule has 3 N–H and O–H groups in total. The maximum absolute atomic E-state index is 13.6. The van der Waals surface area contributed by atoms with Crippen LogP contribution in [0.4, 0.5) is 13.2 Å². The Morgan fingerprint density at radius 1 is 1.18 bits per heavy atom. The van der Waals surface area contributed by atoms with E-state index < -0.39 is 64.6 Å². The molecule has 0 aliphatic carbocycles. The highest BCUT2D eigenvalue weighted by molar-refractivity contribution is 7.85. The van der Waals surface area contributed by atoms with Crippen molar-refractivity contribution in [3.8, 4) is 11.3 Å². The number of aliphatic hydroxyl groups is 3. The van der Waals surface area contributed by atoms with E-state index in [1.165, 1.54) is 18.3 Å². The predicted molar refractivity (Wildman–Crippen MR) is 108 cm³/mol. The Kier molecular flexibility index (Phi) is 6.79. The first-order valence-electron chi connectivity index (χ1n) is 9.43. The van der Waals surface area contributed by atoms with Crippen molar-refractivity contribution in [3.05, 3.63) is 59.3 Å². The van der Waals surface area contributed by atoms with Crippen LogP contribution in [0.1, 0.15) is 6.04 Å². The Morgan fingerprint density at radius 3 is 2.52 bits per heavy atom. The van der Waals surface area contributed by atoms with Gasteiger partial charge in [0.15, 0.2) is 22.9 Å². The number of hydrogen-bond donors (Lipinski definition) is 3. The molecule has 2 aromatic heterocycles. The van der Waals surface area contributed by atoms with E-state index in [4.69, 9.17) is 16.3 Å². The molecule has 1 fully saturated rings. The summed E-state index contributed by atoms with van der Waals surface area (Å²) in [6.45, 7) is -0.686. The number of ether oxygens (including phenoxy) is 1. The Hall–Kier alpha value is -2.42. The van der Waals surface area contributed by atoms with Crippen LogP contribution < -0.4 is 0 Å². The van der Waals surface area contributed by atoms with E-state index >= 15 is 0 Å². The van der Waals surface area contributed by atoms with Crippen LogP contribution in [0, 0.1) is 17.5 Å². The second-order valence-corrected chi connectivity index (χ2v) is 8.98. The van der Waals surface area contributed by atoms with Crippen LogP contribution in [-0.4, -0.2) is 69.9 Å². The van der Waals surface area contributed by atoms with Crippen molar-refractivity contribution >= 4 is 22.4 Å². The van der Waals surface area contributed by atoms with Gasteiger partial charge in [0.1, 0.15) is 35.2 Å². The van der Waals surface area contributed by atoms with Gasteiger partial charge in [0.05, 0.1) is 28.5 Å². The van der Waals surface area contributed by atoms with E-state index in [0.717, 1.165) is 10.9 Å². The number of halogens is 4. The zero-order valence-electron chi connectivity index (χ0n) is 16.4. The molecule has 1 aromatic carbocycles. The summed E-state index contributed by atoms with van der Waals surface area (Å²) < 4.78 is 60.0. The lowest BCUT2D eigenvalue weighted by Gasteiger charge is -2.41. The summed E-state index contributed by atoms with van der Waals surface area (Å²) in [5, 5.41) is 38.7. The van der Waals surface area contributed by atoms with Gasteiger partial charge in [-0.05, 0) is 24.3 Å². The third-order valence-corrected chi connectivity index (χ3v) is 7.08. The van der Waals surface area contributed by atoms with Crippen LogP contribution >= 0.6 is 11.6 Å². The van der Waals surface area contributed by atoms with E-state index in [1.807, 2.05) is 0 Å². The predicted octanol–water partition coefficient (Wildman–Crippen LogP) is 1.20. The van der Waals surface area contributed by atoms with Gasteiger partial charge < -0.3 is 20.1 Å². The lowest BCUT2D eigenvalue weighted by molar-refractivity contribution is -0.179. The van der Waals surface area contributed by atoms with E-state index in [-0.39, 0.29) is 21.3 Å². The summed E-state index contributed by atoms with van der Waals surface area (Å²) in [7, 11) is -2.07. The normalized spacial score (nSPS) is 26.3. The van der Waals surface area contributed by atoms with Crippen LogP contribution in [0.15, 0.2) is 41.6 Å². The molecule has 0 bridgehead atoms. The largest absolute Gasteiger partial charge is 0.394 e. The molecule has 0 radical (unpaired) electrons. The second kappa shape index (κ2) is 9.44. The third-order valence-electron chi connectivity index (χ3n) is 5.10. The van der Waals surface area contributed by atoms with Crippen molar-refractivity contribution < 1.29 is 37.4 Å². The Morgan fingerprint density at radius 2 is 1.88 bits per heavy atom. The van der Waals surface area contributed by atoms with E-state index in [2.05, 4.69) is 15.3 Å². The van der Waals surface area contributed by atoms with Gasteiger partial charge >= 0.3 is 0 Å². The minimum Gasteiger partial charge on any atom is -0.394 e. The smallest absolute Gasteiger partial charge is 0.194 e. The molecule has 0 amide bonds. The number of benzene rings is 1. The number of aromatic nitrogens is 4. The van der Waals surface area contributed by atoms with Crippen LogP contribution in [-0.2, 0) is 15.5 Å². The van der Waals surface area contributed by atoms with E-state index in [9.17, 15) is 32.7 Å². The first-order valence-corrected chi connectivity index (χ1v) is 11.0. The van der Waals surface area contributed by atoms with Gasteiger partial charge in [-0.2, -0.15) is 0 Å². The second-order valence-electron chi connectivity index (χ2n) is 7.12. The van der Waals surface area contributed by atoms with Crippen LogP contribution in [0.2, 0.25) is 5.15 Å². The molecule has 1 unspecified atom stereocenters. The lowest BCUT2D eigenvalue weighted by Crippen LogP contribution is -2.57. The molecular formula is C19H16ClF3N4O5S. The third kappa shape index (κ3) is 4.39. The molecule has 0 saturated carbocycles. The highest BCUT2D eigenvalue weighted by Gasteiger charge is 2.48. The van der Waals surface area contributed by atoms with Gasteiger partial charge in [0.25, 0.3) is 0 Å². The summed E-state index contributed by atoms with van der Waals surface area (Å²) in [6.07, 6.45) is -1.91. The van der Waals surface area contributed by atoms with Gasteiger partial charge in [-0.3, -0.25) is 4.21 Å². The molecular weight excluding hydrogens is 489 g/mol. The Bertz CT molecular complexity index is 1180. The summed E-state index contributed by atoms with van der Waals surface area (Å²) in [5.74, 6) is -4.52. The molecule has 0 spiro atoms. The number of nitrogens with zero attached hydrogens (tertiary/aromatic N) is 4. The fraction of sp³-hybridized carbons (Fsp3) is 0.316. The van der Waals surface area contributed by atoms with Crippen LogP contribution in [0.5, 0.6) is 0 Å². The highest BCUT2D eigenvalue weighted by atomic mass is 35.5. The van der Waals surface area contributed by atoms with Gasteiger partial charge in [0.2, 0.25) is 0 Å². The minimum absolute atomic E-state index is 0.0617. The molecule has 1 aliphatic heterocycles. The zero-order valence-corrected chi connectivity index (χ0v) is 18.0. The maximum Gasteiger partial charge on any atom is 0.194 e. The average molecular weight is 505 g/mol. The molecule has 176 valence electrons. The van der Waals surface area contributed by atoms with Crippen LogP contribution in [0.25, 0.3) is 11.3 Å². The van der Waals surface area contributed by atoms with Gasteiger partial charge in [-0.25, -0.2) is 22.8 Å². The fourth-order valence-electron chi connectivity index (χ4n) is 3.46. The topological polar surface area (TPSA) is 131 Å². The van der Waals surface area contributed by atoms with Gasteiger partial charge in [0, 0.05) is 11.8 Å². The van der Waals surface area contributed by atoms with Crippen molar-refractivity contribution in [2.24, 2.45) is 0 Å². The molecule has 4 rings (SSSR count). The Balaban J connectivity index is 1.69. The monoisotopic (exact) mass is 504 g/mol. The summed E-state index contributed by atoms with van der Waals surface area (Å²) >= 11 is 5.99. The molecule has 3 heterocycles. The Labute approximate surface area is 191 Å². The van der Waals surface area contributed by atoms with Gasteiger partial charge in [-0.1, -0.05) is 16.8 Å². The molecule has 33 heavy (non-hydrogen) atoms. The minimum atomic E-state index is -2.07. The van der Waals surface area contributed by atoms with E-state index in [0.29, 0.717) is 12.1 Å². The fourth-order valence-corrected chi connectivity index (χ4v) is 5.15. The first-order chi connectivity index (χ1) is 15.7. The number of aliphatic hydroxyl groups excluding tert-OH is 3. The highest BCUT2D eigenvalue weighted by Crippen LogP contribution is 2.35. The molecule has 9 nitrogen and oxygen atoms in total. The number of pyridine rings is 1. The average Bonchev–Trinajstić information content (AvgIpc) is 3.27. The first kappa shape index (κ1) is 23.7. The zero-order chi connectivity index (χ0) is 23.9. The quantitative estimate of drug-likeness (QED) is 0.349.